The van der Waals surface area contributed by atoms with Gasteiger partial charge in [-0.3, -0.25) is 4.98 Å². The van der Waals surface area contributed by atoms with Crippen LogP contribution in [-0.4, -0.2) is 44.5 Å². The Morgan fingerprint density at radius 3 is 2.72 bits per heavy atom. The summed E-state index contributed by atoms with van der Waals surface area (Å²) < 4.78 is 31.7. The van der Waals surface area contributed by atoms with E-state index < -0.39 is 16.0 Å². The second-order valence-electron chi connectivity index (χ2n) is 5.60. The summed E-state index contributed by atoms with van der Waals surface area (Å²) in [4.78, 5) is 17.6. The highest BCUT2D eigenvalue weighted by molar-refractivity contribution is 7.89. The number of nitrogens with zero attached hydrogens (tertiary/aromatic N) is 3. The summed E-state index contributed by atoms with van der Waals surface area (Å²) >= 11 is 5.96. The maximum Gasteiger partial charge on any atom is 0.339 e. The van der Waals surface area contributed by atoms with Crippen LogP contribution in [0.4, 0.5) is 5.69 Å². The highest BCUT2D eigenvalue weighted by Gasteiger charge is 2.34. The zero-order valence-electron chi connectivity index (χ0n) is 13.6. The lowest BCUT2D eigenvalue weighted by Crippen LogP contribution is -2.44. The number of hydrogen-bond acceptors (Lipinski definition) is 6. The van der Waals surface area contributed by atoms with E-state index in [1.54, 1.807) is 24.3 Å². The average Bonchev–Trinajstić information content (AvgIpc) is 2.59. The van der Waals surface area contributed by atoms with Crippen LogP contribution in [0.2, 0.25) is 5.02 Å². The van der Waals surface area contributed by atoms with Crippen LogP contribution in [0.5, 0.6) is 0 Å². The third kappa shape index (κ3) is 3.33. The molecule has 132 valence electrons. The van der Waals surface area contributed by atoms with Gasteiger partial charge in [-0.2, -0.15) is 4.31 Å². The van der Waals surface area contributed by atoms with E-state index in [0.29, 0.717) is 22.0 Å². The maximum atomic E-state index is 12.9. The monoisotopic (exact) mass is 381 g/mol. The number of benzene rings is 1. The van der Waals surface area contributed by atoms with Gasteiger partial charge in [-0.15, -0.1) is 0 Å². The Morgan fingerprint density at radius 1 is 1.32 bits per heavy atom. The minimum atomic E-state index is -3.69. The molecule has 0 saturated carbocycles. The van der Waals surface area contributed by atoms with E-state index in [4.69, 9.17) is 11.6 Å². The molecule has 2 aromatic rings. The molecule has 1 aliphatic heterocycles. The third-order valence-corrected chi connectivity index (χ3v) is 5.95. The minimum absolute atomic E-state index is 0.0834. The van der Waals surface area contributed by atoms with Crippen molar-refractivity contribution >= 4 is 33.3 Å². The van der Waals surface area contributed by atoms with E-state index in [9.17, 15) is 13.2 Å². The van der Waals surface area contributed by atoms with Gasteiger partial charge in [0.25, 0.3) is 0 Å². The Kier molecular flexibility index (Phi) is 4.68. The van der Waals surface area contributed by atoms with Gasteiger partial charge < -0.3 is 9.64 Å². The molecule has 0 radical (unpaired) electrons. The summed E-state index contributed by atoms with van der Waals surface area (Å²) in [5.74, 6) is -0.493. The molecule has 0 N–H and O–H groups in total. The lowest BCUT2D eigenvalue weighted by Gasteiger charge is -2.35. The number of hydrogen-bond donors (Lipinski definition) is 0. The number of fused-ring (bicyclic) bond motifs is 1. The normalized spacial score (nSPS) is 16.4. The van der Waals surface area contributed by atoms with Crippen molar-refractivity contribution in [2.45, 2.75) is 11.4 Å². The molecule has 0 unspecified atom stereocenters. The second-order valence-corrected chi connectivity index (χ2v) is 7.94. The van der Waals surface area contributed by atoms with E-state index >= 15 is 0 Å². The average molecular weight is 382 g/mol. The van der Waals surface area contributed by atoms with E-state index in [1.807, 2.05) is 11.9 Å². The van der Waals surface area contributed by atoms with Crippen molar-refractivity contribution < 1.29 is 17.9 Å². The predicted molar refractivity (Wildman–Crippen MR) is 93.0 cm³/mol. The second kappa shape index (κ2) is 6.62. The lowest BCUT2D eigenvalue weighted by molar-refractivity contribution is 0.0600. The number of methoxy groups -OCH3 is 1. The lowest BCUT2D eigenvalue weighted by atomic mass is 10.2. The van der Waals surface area contributed by atoms with Crippen molar-refractivity contribution in [3.8, 4) is 0 Å². The number of carbonyl (C=O) groups excluding carboxylic acids is 1. The van der Waals surface area contributed by atoms with Crippen LogP contribution >= 0.6 is 11.6 Å². The van der Waals surface area contributed by atoms with Crippen molar-refractivity contribution in [3.05, 3.63) is 52.8 Å². The SMILES string of the molecule is COC(=O)c1ccc(CN2CN(C)c3ccc(Cl)cc3S2(=O)=O)nc1. The van der Waals surface area contributed by atoms with Crippen molar-refractivity contribution in [3.63, 3.8) is 0 Å². The highest BCUT2D eigenvalue weighted by Crippen LogP contribution is 2.34. The maximum absolute atomic E-state index is 12.9. The number of pyridine rings is 1. The molecule has 0 saturated heterocycles. The number of aromatic nitrogens is 1. The van der Waals surface area contributed by atoms with Crippen LogP contribution in [0.15, 0.2) is 41.4 Å². The topological polar surface area (TPSA) is 79.8 Å². The molecule has 0 atom stereocenters. The van der Waals surface area contributed by atoms with Crippen molar-refractivity contribution in [2.24, 2.45) is 0 Å². The van der Waals surface area contributed by atoms with Crippen LogP contribution < -0.4 is 4.90 Å². The molecule has 1 aromatic heterocycles. The quantitative estimate of drug-likeness (QED) is 0.758. The molecule has 25 heavy (non-hydrogen) atoms. The fourth-order valence-corrected chi connectivity index (χ4v) is 4.52. The summed E-state index contributed by atoms with van der Waals surface area (Å²) in [5, 5.41) is 0.359. The van der Waals surface area contributed by atoms with Crippen LogP contribution in [0, 0.1) is 0 Å². The highest BCUT2D eigenvalue weighted by atomic mass is 35.5. The summed E-state index contributed by atoms with van der Waals surface area (Å²) in [5.41, 5.74) is 1.44. The first-order valence-corrected chi connectivity index (χ1v) is 9.19. The predicted octanol–water partition coefficient (Wildman–Crippen LogP) is 2.12. The van der Waals surface area contributed by atoms with Crippen molar-refractivity contribution in [1.82, 2.24) is 9.29 Å². The fourth-order valence-electron chi connectivity index (χ4n) is 2.61. The first-order valence-electron chi connectivity index (χ1n) is 7.37. The number of carbonyl (C=O) groups is 1. The largest absolute Gasteiger partial charge is 0.465 e. The van der Waals surface area contributed by atoms with Crippen molar-refractivity contribution in [1.29, 1.82) is 0 Å². The zero-order chi connectivity index (χ0) is 18.2. The van der Waals surface area contributed by atoms with Crippen LogP contribution in [0.25, 0.3) is 0 Å². The van der Waals surface area contributed by atoms with Gasteiger partial charge in [-0.05, 0) is 30.3 Å². The number of ether oxygens (including phenoxy) is 1. The van der Waals surface area contributed by atoms with E-state index in [-0.39, 0.29) is 18.1 Å². The Labute approximate surface area is 150 Å². The van der Waals surface area contributed by atoms with Gasteiger partial charge in [0.2, 0.25) is 10.0 Å². The van der Waals surface area contributed by atoms with Gasteiger partial charge in [0, 0.05) is 18.3 Å². The standard InChI is InChI=1S/C16H16ClN3O4S/c1-19-10-20(9-13-5-3-11(8-18-13)16(21)24-2)25(22,23)15-7-12(17)4-6-14(15)19/h3-8H,9-10H2,1-2H3. The van der Waals surface area contributed by atoms with Gasteiger partial charge in [0.1, 0.15) is 4.90 Å². The van der Waals surface area contributed by atoms with Crippen LogP contribution in [0.1, 0.15) is 16.1 Å². The Hall–Kier alpha value is -2.16. The molecule has 2 heterocycles. The van der Waals surface area contributed by atoms with Gasteiger partial charge in [-0.1, -0.05) is 11.6 Å². The van der Waals surface area contributed by atoms with E-state index in [1.165, 1.54) is 23.7 Å². The molecule has 0 spiro atoms. The molecule has 0 aliphatic carbocycles. The summed E-state index contributed by atoms with van der Waals surface area (Å²) in [6, 6.07) is 7.96. The number of sulfonamides is 1. The minimum Gasteiger partial charge on any atom is -0.465 e. The van der Waals surface area contributed by atoms with E-state index in [0.717, 1.165) is 0 Å². The number of halogens is 1. The molecule has 0 fully saturated rings. The van der Waals surface area contributed by atoms with Crippen LogP contribution in [-0.2, 0) is 21.3 Å². The molecule has 7 nitrogen and oxygen atoms in total. The molecule has 1 aromatic carbocycles. The van der Waals surface area contributed by atoms with Crippen molar-refractivity contribution in [2.75, 3.05) is 25.7 Å². The molecule has 0 amide bonds. The summed E-state index contributed by atoms with van der Waals surface area (Å²) in [6.45, 7) is 0.275. The van der Waals surface area contributed by atoms with Crippen LogP contribution in [0.3, 0.4) is 0 Å². The molecular weight excluding hydrogens is 366 g/mol. The Morgan fingerprint density at radius 2 is 2.08 bits per heavy atom. The molecule has 1 aliphatic rings. The zero-order valence-corrected chi connectivity index (χ0v) is 15.2. The first-order chi connectivity index (χ1) is 11.8. The first kappa shape index (κ1) is 17.7. The van der Waals surface area contributed by atoms with Gasteiger partial charge in [0.05, 0.1) is 37.3 Å². The molecule has 0 bridgehead atoms. The smallest absolute Gasteiger partial charge is 0.339 e. The number of rotatable bonds is 3. The van der Waals surface area contributed by atoms with Gasteiger partial charge in [-0.25, -0.2) is 13.2 Å². The Bertz CT molecular complexity index is 915. The number of esters is 1. The number of anilines is 1. The molecule has 3 rings (SSSR count). The third-order valence-electron chi connectivity index (χ3n) is 3.90. The fraction of sp³-hybridized carbons (Fsp3) is 0.250. The summed E-state index contributed by atoms with van der Waals surface area (Å²) in [7, 11) is -0.598. The molecule has 9 heteroatoms. The molecular formula is C16H16ClN3O4S. The summed E-state index contributed by atoms with van der Waals surface area (Å²) in [6.07, 6.45) is 1.37. The van der Waals surface area contributed by atoms with E-state index in [2.05, 4.69) is 9.72 Å². The van der Waals surface area contributed by atoms with Gasteiger partial charge in [0.15, 0.2) is 0 Å². The Balaban J connectivity index is 1.90. The van der Waals surface area contributed by atoms with Gasteiger partial charge >= 0.3 is 5.97 Å².